The van der Waals surface area contributed by atoms with E-state index in [9.17, 15) is 4.79 Å². The van der Waals surface area contributed by atoms with Gasteiger partial charge in [0.1, 0.15) is 0 Å². The zero-order valence-corrected chi connectivity index (χ0v) is 12.5. The van der Waals surface area contributed by atoms with Crippen molar-refractivity contribution in [3.05, 3.63) is 58.1 Å². The topological polar surface area (TPSA) is 29.1 Å². The normalized spacial score (nSPS) is 13.1. The van der Waals surface area contributed by atoms with Gasteiger partial charge < -0.3 is 5.32 Å². The first-order chi connectivity index (χ1) is 9.02. The highest BCUT2D eigenvalue weighted by Crippen LogP contribution is 2.22. The highest BCUT2D eigenvalue weighted by Gasteiger charge is 2.08. The zero-order chi connectivity index (χ0) is 14.3. The molecule has 0 bridgehead atoms. The lowest BCUT2D eigenvalue weighted by Crippen LogP contribution is -2.32. The Morgan fingerprint density at radius 1 is 1.37 bits per heavy atom. The number of carbonyl (C=O) groups excluding carboxylic acids is 1. The maximum absolute atomic E-state index is 11.6. The van der Waals surface area contributed by atoms with Gasteiger partial charge in [0.2, 0.25) is 5.91 Å². The minimum absolute atomic E-state index is 0.00133. The van der Waals surface area contributed by atoms with Gasteiger partial charge in [0, 0.05) is 22.2 Å². The molecule has 19 heavy (non-hydrogen) atoms. The van der Waals surface area contributed by atoms with Gasteiger partial charge in [-0.3, -0.25) is 4.79 Å². The average molecular weight is 298 g/mol. The first kappa shape index (κ1) is 15.8. The summed E-state index contributed by atoms with van der Waals surface area (Å²) in [5.74, 6) is -0.115. The monoisotopic (exact) mass is 297 g/mol. The number of hydrogen-bond donors (Lipinski definition) is 1. The van der Waals surface area contributed by atoms with E-state index < -0.39 is 0 Å². The minimum Gasteiger partial charge on any atom is -0.350 e. The second-order valence-corrected chi connectivity index (χ2v) is 5.08. The van der Waals surface area contributed by atoms with Crippen LogP contribution in [0, 0.1) is 0 Å². The molecule has 0 saturated heterocycles. The molecule has 1 unspecified atom stereocenters. The van der Waals surface area contributed by atoms with Crippen molar-refractivity contribution in [2.75, 3.05) is 0 Å². The summed E-state index contributed by atoms with van der Waals surface area (Å²) in [6.45, 7) is 3.83. The number of nitrogens with one attached hydrogen (secondary N) is 1. The first-order valence-corrected chi connectivity index (χ1v) is 6.82. The van der Waals surface area contributed by atoms with Gasteiger partial charge in [-0.15, -0.1) is 0 Å². The highest BCUT2D eigenvalue weighted by molar-refractivity contribution is 6.35. The molecule has 0 aliphatic heterocycles. The van der Waals surface area contributed by atoms with Gasteiger partial charge in [-0.25, -0.2) is 0 Å². The van der Waals surface area contributed by atoms with Gasteiger partial charge in [-0.2, -0.15) is 0 Å². The molecule has 1 rings (SSSR count). The second-order valence-electron chi connectivity index (χ2n) is 4.23. The Balaban J connectivity index is 2.55. The van der Waals surface area contributed by atoms with E-state index in [1.165, 1.54) is 6.08 Å². The van der Waals surface area contributed by atoms with Crippen LogP contribution in [-0.2, 0) is 11.2 Å². The molecule has 0 radical (unpaired) electrons. The summed E-state index contributed by atoms with van der Waals surface area (Å²) in [5, 5.41) is 4.11. The van der Waals surface area contributed by atoms with Crippen molar-refractivity contribution in [2.45, 2.75) is 26.3 Å². The third kappa shape index (κ3) is 5.95. The smallest absolute Gasteiger partial charge is 0.244 e. The predicted molar refractivity (Wildman–Crippen MR) is 81.7 cm³/mol. The van der Waals surface area contributed by atoms with Crippen molar-refractivity contribution in [1.82, 2.24) is 5.32 Å². The Hall–Kier alpha value is -1.25. The molecule has 0 aromatic heterocycles. The van der Waals surface area contributed by atoms with Gasteiger partial charge in [-0.1, -0.05) is 47.5 Å². The molecule has 1 amide bonds. The van der Waals surface area contributed by atoms with E-state index in [1.807, 2.05) is 26.0 Å². The largest absolute Gasteiger partial charge is 0.350 e. The van der Waals surface area contributed by atoms with E-state index in [0.717, 1.165) is 5.56 Å². The fraction of sp³-hybridized carbons (Fsp3) is 0.267. The summed E-state index contributed by atoms with van der Waals surface area (Å²) in [4.78, 5) is 11.6. The molecule has 0 heterocycles. The molecule has 1 aromatic carbocycles. The maximum Gasteiger partial charge on any atom is 0.244 e. The van der Waals surface area contributed by atoms with Crippen LogP contribution in [-0.4, -0.2) is 11.9 Å². The second kappa shape index (κ2) is 8.03. The highest BCUT2D eigenvalue weighted by atomic mass is 35.5. The number of benzene rings is 1. The Morgan fingerprint density at radius 3 is 2.74 bits per heavy atom. The first-order valence-electron chi connectivity index (χ1n) is 6.06. The van der Waals surface area contributed by atoms with Crippen LogP contribution in [0.2, 0.25) is 10.0 Å². The molecule has 0 spiro atoms. The number of rotatable bonds is 5. The number of amides is 1. The fourth-order valence-electron chi connectivity index (χ4n) is 1.61. The fourth-order valence-corrected chi connectivity index (χ4v) is 2.10. The molecular weight excluding hydrogens is 281 g/mol. The summed E-state index contributed by atoms with van der Waals surface area (Å²) in [7, 11) is 0. The van der Waals surface area contributed by atoms with Crippen molar-refractivity contribution in [3.8, 4) is 0 Å². The molecule has 4 heteroatoms. The van der Waals surface area contributed by atoms with Gasteiger partial charge in [0.05, 0.1) is 0 Å². The van der Waals surface area contributed by atoms with E-state index >= 15 is 0 Å². The van der Waals surface area contributed by atoms with Crippen molar-refractivity contribution in [1.29, 1.82) is 0 Å². The van der Waals surface area contributed by atoms with Crippen LogP contribution in [0.1, 0.15) is 19.4 Å². The summed E-state index contributed by atoms with van der Waals surface area (Å²) in [6.07, 6.45) is 7.54. The molecule has 2 nitrogen and oxygen atoms in total. The number of carbonyl (C=O) groups is 1. The van der Waals surface area contributed by atoms with Crippen molar-refractivity contribution < 1.29 is 4.79 Å². The minimum atomic E-state index is -0.115. The van der Waals surface area contributed by atoms with Crippen molar-refractivity contribution >= 4 is 29.1 Å². The maximum atomic E-state index is 11.6. The van der Waals surface area contributed by atoms with E-state index in [2.05, 4.69) is 5.32 Å². The Labute approximate surface area is 124 Å². The van der Waals surface area contributed by atoms with E-state index in [-0.39, 0.29) is 11.9 Å². The summed E-state index contributed by atoms with van der Waals surface area (Å²) in [6, 6.07) is 5.38. The molecule has 0 aliphatic carbocycles. The SMILES string of the molecule is CC=CC=CC(=O)NC(C)Cc1ccc(Cl)cc1Cl. The van der Waals surface area contributed by atoms with Crippen LogP contribution >= 0.6 is 23.2 Å². The summed E-state index contributed by atoms with van der Waals surface area (Å²) in [5.41, 5.74) is 0.969. The van der Waals surface area contributed by atoms with Gasteiger partial charge in [0.25, 0.3) is 0 Å². The summed E-state index contributed by atoms with van der Waals surface area (Å²) >= 11 is 11.9. The number of halogens is 2. The van der Waals surface area contributed by atoms with E-state index in [4.69, 9.17) is 23.2 Å². The van der Waals surface area contributed by atoms with Crippen LogP contribution in [0.4, 0.5) is 0 Å². The zero-order valence-electron chi connectivity index (χ0n) is 11.0. The third-order valence-corrected chi connectivity index (χ3v) is 3.07. The molecule has 1 aromatic rings. The molecular formula is C15H17Cl2NO. The predicted octanol–water partition coefficient (Wildman–Crippen LogP) is 4.17. The third-order valence-electron chi connectivity index (χ3n) is 2.48. The van der Waals surface area contributed by atoms with Crippen LogP contribution in [0.15, 0.2) is 42.5 Å². The molecule has 1 N–H and O–H groups in total. The Kier molecular flexibility index (Phi) is 6.68. The van der Waals surface area contributed by atoms with E-state index in [1.54, 1.807) is 24.3 Å². The van der Waals surface area contributed by atoms with Crippen molar-refractivity contribution in [2.24, 2.45) is 0 Å². The Bertz CT molecular complexity index is 495. The standard InChI is InChI=1S/C15H17Cl2NO/c1-3-4-5-6-15(19)18-11(2)9-12-7-8-13(16)10-14(12)17/h3-8,10-11H,9H2,1-2H3,(H,18,19). The molecule has 1 atom stereocenters. The van der Waals surface area contributed by atoms with Gasteiger partial charge >= 0.3 is 0 Å². The molecule has 102 valence electrons. The van der Waals surface area contributed by atoms with Gasteiger partial charge in [-0.05, 0) is 38.0 Å². The van der Waals surface area contributed by atoms with Crippen LogP contribution in [0.25, 0.3) is 0 Å². The quantitative estimate of drug-likeness (QED) is 0.641. The molecule has 0 saturated carbocycles. The van der Waals surface area contributed by atoms with Crippen LogP contribution in [0.5, 0.6) is 0 Å². The lowest BCUT2D eigenvalue weighted by atomic mass is 10.1. The van der Waals surface area contributed by atoms with Gasteiger partial charge in [0.15, 0.2) is 0 Å². The Morgan fingerprint density at radius 2 is 2.11 bits per heavy atom. The molecule has 0 aliphatic rings. The molecule has 0 fully saturated rings. The van der Waals surface area contributed by atoms with E-state index in [0.29, 0.717) is 16.5 Å². The number of allylic oxidation sites excluding steroid dienone is 3. The lowest BCUT2D eigenvalue weighted by molar-refractivity contribution is -0.117. The average Bonchev–Trinajstić information content (AvgIpc) is 2.33. The van der Waals surface area contributed by atoms with Crippen LogP contribution in [0.3, 0.4) is 0 Å². The summed E-state index contributed by atoms with van der Waals surface area (Å²) < 4.78 is 0. The van der Waals surface area contributed by atoms with Crippen molar-refractivity contribution in [3.63, 3.8) is 0 Å². The lowest BCUT2D eigenvalue weighted by Gasteiger charge is -2.13. The number of hydrogen-bond acceptors (Lipinski definition) is 1. The van der Waals surface area contributed by atoms with Crippen LogP contribution < -0.4 is 5.32 Å².